The van der Waals surface area contributed by atoms with E-state index in [0.717, 1.165) is 46.5 Å². The van der Waals surface area contributed by atoms with Crippen molar-refractivity contribution in [3.8, 4) is 34.4 Å². The Kier molecular flexibility index (Phi) is 8.93. The highest BCUT2D eigenvalue weighted by atomic mass is 19.4. The Labute approximate surface area is 261 Å². The monoisotopic (exact) mass is 620 g/mol. The van der Waals surface area contributed by atoms with E-state index >= 15 is 0 Å². The minimum absolute atomic E-state index is 0.384. The van der Waals surface area contributed by atoms with Crippen molar-refractivity contribution >= 4 is 23.3 Å². The molecule has 8 heteroatoms. The van der Waals surface area contributed by atoms with Crippen molar-refractivity contribution < 1.29 is 26.3 Å². The van der Waals surface area contributed by atoms with Crippen LogP contribution in [0.4, 0.5) is 26.3 Å². The largest absolute Gasteiger partial charge is 0.416 e. The third-order valence-electron chi connectivity index (χ3n) is 7.28. The smallest absolute Gasteiger partial charge is 0.192 e. The number of nitrogens with zero attached hydrogens (tertiary/aromatic N) is 2. The summed E-state index contributed by atoms with van der Waals surface area (Å²) in [6.45, 7) is 0. The second kappa shape index (κ2) is 13.0. The Morgan fingerprint density at radius 2 is 0.674 bits per heavy atom. The van der Waals surface area contributed by atoms with E-state index in [-0.39, 0.29) is 0 Å². The second-order valence-electron chi connectivity index (χ2n) is 10.3. The van der Waals surface area contributed by atoms with Crippen LogP contribution in [0.25, 0.3) is 45.6 Å². The van der Waals surface area contributed by atoms with Crippen molar-refractivity contribution in [3.63, 3.8) is 0 Å². The maximum atomic E-state index is 12.9. The molecule has 0 aliphatic heterocycles. The Bertz CT molecular complexity index is 1820. The van der Waals surface area contributed by atoms with Crippen LogP contribution in [0.3, 0.4) is 0 Å². The molecule has 0 amide bonds. The summed E-state index contributed by atoms with van der Waals surface area (Å²) in [4.78, 5) is 0. The minimum atomic E-state index is -4.40. The van der Waals surface area contributed by atoms with Gasteiger partial charge in [0, 0.05) is 0 Å². The van der Waals surface area contributed by atoms with Crippen molar-refractivity contribution in [3.05, 3.63) is 155 Å². The molecule has 0 atom stereocenters. The van der Waals surface area contributed by atoms with Gasteiger partial charge in [0.15, 0.2) is 0 Å². The number of nitriles is 2. The molecular weight excluding hydrogens is 598 g/mol. The van der Waals surface area contributed by atoms with E-state index in [9.17, 15) is 36.9 Å². The highest BCUT2D eigenvalue weighted by Gasteiger charge is 2.30. The second-order valence-corrected chi connectivity index (χ2v) is 10.3. The minimum Gasteiger partial charge on any atom is -0.192 e. The molecule has 0 radical (unpaired) electrons. The molecule has 0 bridgehead atoms. The standard InChI is InChI=1S/C38H22F6N2/c39-37(40,41)35-17-13-29(14-18-35)27-5-1-25(2-6-27)21-33(23-45)31-9-11-32(12-10-31)34(24-46)22-26-3-7-28(8-4-26)30-15-19-36(20-16-30)38(42,43)44/h1-22H/b33-21-,34-22+. The predicted molar refractivity (Wildman–Crippen MR) is 167 cm³/mol. The lowest BCUT2D eigenvalue weighted by Gasteiger charge is -2.08. The predicted octanol–water partition coefficient (Wildman–Crippen LogP) is 11.2. The molecule has 0 saturated heterocycles. The fourth-order valence-corrected chi connectivity index (χ4v) is 4.77. The van der Waals surface area contributed by atoms with Crippen LogP contribution in [0.1, 0.15) is 33.4 Å². The molecule has 0 aliphatic carbocycles. The van der Waals surface area contributed by atoms with Gasteiger partial charge >= 0.3 is 12.4 Å². The molecule has 0 heterocycles. The van der Waals surface area contributed by atoms with Crippen molar-refractivity contribution in [2.24, 2.45) is 0 Å². The Balaban J connectivity index is 1.30. The molecular formula is C38H22F6N2. The van der Waals surface area contributed by atoms with Crippen LogP contribution in [0.5, 0.6) is 0 Å². The van der Waals surface area contributed by atoms with Gasteiger partial charge in [0.2, 0.25) is 0 Å². The number of hydrogen-bond acceptors (Lipinski definition) is 2. The summed E-state index contributed by atoms with van der Waals surface area (Å²) in [5, 5.41) is 19.6. The molecule has 226 valence electrons. The van der Waals surface area contributed by atoms with Crippen LogP contribution in [-0.4, -0.2) is 0 Å². The molecule has 0 saturated carbocycles. The van der Waals surface area contributed by atoms with Crippen molar-refractivity contribution in [2.75, 3.05) is 0 Å². The molecule has 0 spiro atoms. The highest BCUT2D eigenvalue weighted by Crippen LogP contribution is 2.33. The zero-order valence-electron chi connectivity index (χ0n) is 23.9. The molecule has 0 aromatic heterocycles. The molecule has 5 rings (SSSR count). The summed E-state index contributed by atoms with van der Waals surface area (Å²) < 4.78 is 77.2. The lowest BCUT2D eigenvalue weighted by atomic mass is 9.97. The summed E-state index contributed by atoms with van der Waals surface area (Å²) in [6, 6.07) is 35.3. The summed E-state index contributed by atoms with van der Waals surface area (Å²) in [6.07, 6.45) is -5.40. The maximum Gasteiger partial charge on any atom is 0.416 e. The molecule has 2 nitrogen and oxygen atoms in total. The fourth-order valence-electron chi connectivity index (χ4n) is 4.77. The van der Waals surface area contributed by atoms with E-state index in [1.165, 1.54) is 24.3 Å². The van der Waals surface area contributed by atoms with Crippen molar-refractivity contribution in [2.45, 2.75) is 12.4 Å². The molecule has 5 aromatic carbocycles. The van der Waals surface area contributed by atoms with Gasteiger partial charge in [-0.2, -0.15) is 36.9 Å². The van der Waals surface area contributed by atoms with Crippen LogP contribution in [0.15, 0.2) is 121 Å². The SMILES string of the molecule is N#C/C(=C\c1ccc(-c2ccc(C(F)(F)F)cc2)cc1)c1ccc(/C(C#N)=C\c2ccc(-c3ccc(C(F)(F)F)cc3)cc2)cc1. The average molecular weight is 621 g/mol. The quantitative estimate of drug-likeness (QED) is 0.108. The zero-order chi connectivity index (χ0) is 32.9. The number of benzene rings is 5. The Hall–Kier alpha value is -5.86. The molecule has 0 aliphatic rings. The van der Waals surface area contributed by atoms with Gasteiger partial charge in [-0.15, -0.1) is 0 Å². The van der Waals surface area contributed by atoms with Gasteiger partial charge in [-0.3, -0.25) is 0 Å². The fraction of sp³-hybridized carbons (Fsp3) is 0.0526. The van der Waals surface area contributed by atoms with Crippen LogP contribution >= 0.6 is 0 Å². The average Bonchev–Trinajstić information content (AvgIpc) is 3.06. The van der Waals surface area contributed by atoms with E-state index in [0.29, 0.717) is 33.4 Å². The number of halogens is 6. The van der Waals surface area contributed by atoms with Gasteiger partial charge in [-0.1, -0.05) is 97.1 Å². The van der Waals surface area contributed by atoms with Gasteiger partial charge in [0.05, 0.1) is 34.4 Å². The topological polar surface area (TPSA) is 47.6 Å². The van der Waals surface area contributed by atoms with Crippen molar-refractivity contribution in [1.82, 2.24) is 0 Å². The van der Waals surface area contributed by atoms with E-state index < -0.39 is 23.5 Å². The molecule has 0 N–H and O–H groups in total. The first-order valence-electron chi connectivity index (χ1n) is 13.8. The van der Waals surface area contributed by atoms with E-state index in [1.807, 2.05) is 0 Å². The van der Waals surface area contributed by atoms with Gasteiger partial charge < -0.3 is 0 Å². The number of alkyl halides is 6. The van der Waals surface area contributed by atoms with Gasteiger partial charge in [0.25, 0.3) is 0 Å². The van der Waals surface area contributed by atoms with Crippen LogP contribution < -0.4 is 0 Å². The third-order valence-corrected chi connectivity index (χ3v) is 7.28. The zero-order valence-corrected chi connectivity index (χ0v) is 23.9. The van der Waals surface area contributed by atoms with E-state index in [2.05, 4.69) is 12.1 Å². The first kappa shape index (κ1) is 31.6. The molecule has 0 fully saturated rings. The van der Waals surface area contributed by atoms with E-state index in [4.69, 9.17) is 0 Å². The summed E-state index contributed by atoms with van der Waals surface area (Å²) in [5.41, 5.74) is 4.81. The van der Waals surface area contributed by atoms with Crippen molar-refractivity contribution in [1.29, 1.82) is 10.5 Å². The summed E-state index contributed by atoms with van der Waals surface area (Å²) in [5.74, 6) is 0. The summed E-state index contributed by atoms with van der Waals surface area (Å²) in [7, 11) is 0. The molecule has 0 unspecified atom stereocenters. The van der Waals surface area contributed by atoms with Crippen LogP contribution in [0, 0.1) is 22.7 Å². The number of allylic oxidation sites excluding steroid dienone is 2. The van der Waals surface area contributed by atoms with E-state index in [1.54, 1.807) is 84.9 Å². The Morgan fingerprint density at radius 1 is 0.413 bits per heavy atom. The first-order chi connectivity index (χ1) is 21.9. The molecule has 46 heavy (non-hydrogen) atoms. The third kappa shape index (κ3) is 7.43. The first-order valence-corrected chi connectivity index (χ1v) is 13.8. The van der Waals surface area contributed by atoms with Gasteiger partial charge in [-0.05, 0) is 80.9 Å². The number of rotatable bonds is 6. The maximum absolute atomic E-state index is 12.9. The Morgan fingerprint density at radius 3 is 0.913 bits per heavy atom. The lowest BCUT2D eigenvalue weighted by molar-refractivity contribution is -0.138. The van der Waals surface area contributed by atoms with Gasteiger partial charge in [0.1, 0.15) is 0 Å². The van der Waals surface area contributed by atoms with Crippen LogP contribution in [0.2, 0.25) is 0 Å². The normalized spacial score (nSPS) is 12.3. The molecule has 5 aromatic rings. The lowest BCUT2D eigenvalue weighted by Crippen LogP contribution is -2.03. The highest BCUT2D eigenvalue weighted by molar-refractivity contribution is 5.92. The van der Waals surface area contributed by atoms with Crippen LogP contribution in [-0.2, 0) is 12.4 Å². The number of hydrogen-bond donors (Lipinski definition) is 0. The summed E-state index contributed by atoms with van der Waals surface area (Å²) >= 11 is 0. The van der Waals surface area contributed by atoms with Gasteiger partial charge in [-0.25, -0.2) is 0 Å².